The number of carbonyl (C=O) groups excluding carboxylic acids is 1. The van der Waals surface area contributed by atoms with Crippen LogP contribution in [0.1, 0.15) is 5.56 Å². The van der Waals surface area contributed by atoms with E-state index in [4.69, 9.17) is 0 Å². The molecule has 0 aliphatic heterocycles. The number of non-ortho nitro benzene ring substituents is 1. The summed E-state index contributed by atoms with van der Waals surface area (Å²) in [6.07, 6.45) is 1.43. The number of anilines is 1. The number of hydrogen-bond acceptors (Lipinski definition) is 5. The van der Waals surface area contributed by atoms with Gasteiger partial charge < -0.3 is 5.32 Å². The second-order valence-corrected chi connectivity index (χ2v) is 5.56. The third-order valence-electron chi connectivity index (χ3n) is 3.71. The summed E-state index contributed by atoms with van der Waals surface area (Å²) < 4.78 is 0. The van der Waals surface area contributed by atoms with Crippen molar-refractivity contribution in [3.05, 3.63) is 82.4 Å². The molecule has 0 radical (unpaired) electrons. The van der Waals surface area contributed by atoms with E-state index in [1.165, 1.54) is 18.3 Å². The van der Waals surface area contributed by atoms with Gasteiger partial charge in [-0.2, -0.15) is 5.10 Å². The van der Waals surface area contributed by atoms with Gasteiger partial charge in [-0.1, -0.05) is 30.3 Å². The molecule has 3 rings (SSSR count). The largest absolute Gasteiger partial charge is 0.376 e. The molecule has 130 valence electrons. The minimum absolute atomic E-state index is 0.00534. The Morgan fingerprint density at radius 3 is 2.50 bits per heavy atom. The number of nitro groups is 1. The molecule has 0 aromatic heterocycles. The molecular formula is C19H16N4O3. The summed E-state index contributed by atoms with van der Waals surface area (Å²) in [4.78, 5) is 22.0. The summed E-state index contributed by atoms with van der Waals surface area (Å²) in [6.45, 7) is 0.0793. The zero-order valence-electron chi connectivity index (χ0n) is 13.8. The molecule has 0 unspecified atom stereocenters. The van der Waals surface area contributed by atoms with E-state index >= 15 is 0 Å². The van der Waals surface area contributed by atoms with Crippen LogP contribution in [0, 0.1) is 10.1 Å². The number of nitrogens with zero attached hydrogens (tertiary/aromatic N) is 2. The normalized spacial score (nSPS) is 10.8. The van der Waals surface area contributed by atoms with E-state index in [0.29, 0.717) is 5.56 Å². The second kappa shape index (κ2) is 7.89. The average molecular weight is 348 g/mol. The SMILES string of the molecule is O=C(CNc1ccc2ccccc2c1)NN=Cc1ccc([N+](=O)[O-])cc1. The highest BCUT2D eigenvalue weighted by Crippen LogP contribution is 2.18. The average Bonchev–Trinajstić information content (AvgIpc) is 2.66. The Balaban J connectivity index is 1.51. The molecule has 0 saturated heterocycles. The van der Waals surface area contributed by atoms with Gasteiger partial charge in [0.25, 0.3) is 11.6 Å². The standard InChI is InChI=1S/C19H16N4O3/c24-19(22-21-12-14-5-9-18(10-6-14)23(25)26)13-20-17-8-7-15-3-1-2-4-16(15)11-17/h1-12,20H,13H2,(H,22,24). The van der Waals surface area contributed by atoms with Crippen LogP contribution in [0.4, 0.5) is 11.4 Å². The number of fused-ring (bicyclic) bond motifs is 1. The quantitative estimate of drug-likeness (QED) is 0.406. The first-order valence-corrected chi connectivity index (χ1v) is 7.91. The van der Waals surface area contributed by atoms with Gasteiger partial charge in [0.05, 0.1) is 17.7 Å². The summed E-state index contributed by atoms with van der Waals surface area (Å²) in [5.74, 6) is -0.295. The molecule has 7 heteroatoms. The Morgan fingerprint density at radius 1 is 1.04 bits per heavy atom. The molecule has 3 aromatic rings. The fourth-order valence-corrected chi connectivity index (χ4v) is 2.38. The highest BCUT2D eigenvalue weighted by Gasteiger charge is 2.03. The minimum Gasteiger partial charge on any atom is -0.376 e. The van der Waals surface area contributed by atoms with Crippen LogP contribution in [0.3, 0.4) is 0 Å². The summed E-state index contributed by atoms with van der Waals surface area (Å²) >= 11 is 0. The maximum absolute atomic E-state index is 11.8. The number of benzene rings is 3. The molecule has 7 nitrogen and oxygen atoms in total. The van der Waals surface area contributed by atoms with E-state index in [-0.39, 0.29) is 18.1 Å². The lowest BCUT2D eigenvalue weighted by Gasteiger charge is -2.06. The molecule has 3 aromatic carbocycles. The predicted octanol–water partition coefficient (Wildman–Crippen LogP) is 3.31. The van der Waals surface area contributed by atoms with Crippen LogP contribution in [-0.2, 0) is 4.79 Å². The Labute approximate surface area is 149 Å². The van der Waals surface area contributed by atoms with E-state index in [2.05, 4.69) is 15.8 Å². The molecule has 0 spiro atoms. The Kier molecular flexibility index (Phi) is 5.19. The van der Waals surface area contributed by atoms with Crippen molar-refractivity contribution in [2.75, 3.05) is 11.9 Å². The number of nitrogens with one attached hydrogen (secondary N) is 2. The van der Waals surface area contributed by atoms with Crippen molar-refractivity contribution in [3.63, 3.8) is 0 Å². The third kappa shape index (κ3) is 4.41. The van der Waals surface area contributed by atoms with Crippen molar-refractivity contribution < 1.29 is 9.72 Å². The van der Waals surface area contributed by atoms with Crippen LogP contribution >= 0.6 is 0 Å². The van der Waals surface area contributed by atoms with Gasteiger partial charge in [0.2, 0.25) is 0 Å². The number of nitro benzene ring substituents is 1. The van der Waals surface area contributed by atoms with Crippen LogP contribution in [0.25, 0.3) is 10.8 Å². The summed E-state index contributed by atoms with van der Waals surface area (Å²) in [7, 11) is 0. The van der Waals surface area contributed by atoms with Crippen LogP contribution in [0.15, 0.2) is 71.8 Å². The monoisotopic (exact) mass is 348 g/mol. The van der Waals surface area contributed by atoms with Gasteiger partial charge in [-0.25, -0.2) is 5.43 Å². The van der Waals surface area contributed by atoms with Crippen molar-refractivity contribution in [3.8, 4) is 0 Å². The lowest BCUT2D eigenvalue weighted by atomic mass is 10.1. The minimum atomic E-state index is -0.471. The smallest absolute Gasteiger partial charge is 0.269 e. The van der Waals surface area contributed by atoms with Gasteiger partial charge in [0.15, 0.2) is 0 Å². The van der Waals surface area contributed by atoms with Gasteiger partial charge in [0, 0.05) is 17.8 Å². The highest BCUT2D eigenvalue weighted by molar-refractivity contribution is 5.87. The summed E-state index contributed by atoms with van der Waals surface area (Å²) in [5.41, 5.74) is 3.91. The highest BCUT2D eigenvalue weighted by atomic mass is 16.6. The zero-order valence-corrected chi connectivity index (χ0v) is 13.8. The van der Waals surface area contributed by atoms with Gasteiger partial charge in [-0.3, -0.25) is 14.9 Å². The van der Waals surface area contributed by atoms with Gasteiger partial charge >= 0.3 is 0 Å². The van der Waals surface area contributed by atoms with Gasteiger partial charge in [-0.15, -0.1) is 0 Å². The van der Waals surface area contributed by atoms with Crippen molar-refractivity contribution in [2.24, 2.45) is 5.10 Å². The maximum atomic E-state index is 11.8. The predicted molar refractivity (Wildman–Crippen MR) is 101 cm³/mol. The first kappa shape index (κ1) is 17.1. The summed E-state index contributed by atoms with van der Waals surface area (Å²) in [5, 5.41) is 19.7. The number of hydrogen-bond donors (Lipinski definition) is 2. The van der Waals surface area contributed by atoms with Crippen LogP contribution in [0.5, 0.6) is 0 Å². The van der Waals surface area contributed by atoms with Gasteiger partial charge in [-0.05, 0) is 40.6 Å². The number of hydrazone groups is 1. The molecule has 0 atom stereocenters. The lowest BCUT2D eigenvalue weighted by Crippen LogP contribution is -2.25. The second-order valence-electron chi connectivity index (χ2n) is 5.56. The molecule has 2 N–H and O–H groups in total. The van der Waals surface area contributed by atoms with Gasteiger partial charge in [0.1, 0.15) is 0 Å². The number of amides is 1. The van der Waals surface area contributed by atoms with E-state index in [9.17, 15) is 14.9 Å². The van der Waals surface area contributed by atoms with Crippen LogP contribution in [-0.4, -0.2) is 23.6 Å². The molecule has 0 fully saturated rings. The van der Waals surface area contributed by atoms with E-state index in [1.807, 2.05) is 42.5 Å². The molecule has 0 aliphatic carbocycles. The Morgan fingerprint density at radius 2 is 1.77 bits per heavy atom. The topological polar surface area (TPSA) is 96.6 Å². The first-order valence-electron chi connectivity index (χ1n) is 7.91. The van der Waals surface area contributed by atoms with Crippen molar-refractivity contribution in [2.45, 2.75) is 0 Å². The molecule has 0 aliphatic rings. The Bertz CT molecular complexity index is 968. The lowest BCUT2D eigenvalue weighted by molar-refractivity contribution is -0.384. The number of carbonyl (C=O) groups is 1. The molecule has 0 heterocycles. The first-order chi connectivity index (χ1) is 12.6. The van der Waals surface area contributed by atoms with Crippen molar-refractivity contribution in [1.82, 2.24) is 5.43 Å². The fraction of sp³-hybridized carbons (Fsp3) is 0.0526. The molecule has 0 bridgehead atoms. The molecular weight excluding hydrogens is 332 g/mol. The van der Waals surface area contributed by atoms with E-state index in [0.717, 1.165) is 16.5 Å². The molecule has 26 heavy (non-hydrogen) atoms. The van der Waals surface area contributed by atoms with E-state index < -0.39 is 4.92 Å². The molecule has 0 saturated carbocycles. The summed E-state index contributed by atoms with van der Waals surface area (Å²) in [6, 6.07) is 19.7. The Hall–Kier alpha value is -3.74. The maximum Gasteiger partial charge on any atom is 0.269 e. The van der Waals surface area contributed by atoms with Crippen molar-refractivity contribution in [1.29, 1.82) is 0 Å². The van der Waals surface area contributed by atoms with E-state index in [1.54, 1.807) is 12.1 Å². The zero-order chi connectivity index (χ0) is 18.4. The van der Waals surface area contributed by atoms with Crippen molar-refractivity contribution >= 4 is 34.3 Å². The van der Waals surface area contributed by atoms with Crippen LogP contribution < -0.4 is 10.7 Å². The number of rotatable bonds is 6. The molecule has 1 amide bonds. The fourth-order valence-electron chi connectivity index (χ4n) is 2.38. The van der Waals surface area contributed by atoms with Crippen LogP contribution in [0.2, 0.25) is 0 Å². The third-order valence-corrected chi connectivity index (χ3v) is 3.71.